The molecule has 0 aliphatic carbocycles. The van der Waals surface area contributed by atoms with Gasteiger partial charge in [-0.1, -0.05) is 48.5 Å². The van der Waals surface area contributed by atoms with E-state index in [1.54, 1.807) is 0 Å². The van der Waals surface area contributed by atoms with Gasteiger partial charge in [0.25, 0.3) is 0 Å². The average molecular weight is 287 g/mol. The summed E-state index contributed by atoms with van der Waals surface area (Å²) in [4.78, 5) is 0. The van der Waals surface area contributed by atoms with Crippen molar-refractivity contribution in [2.24, 2.45) is 0 Å². The minimum absolute atomic E-state index is 1.07. The summed E-state index contributed by atoms with van der Waals surface area (Å²) in [5.41, 5.74) is 1.40. The van der Waals surface area contributed by atoms with Crippen LogP contribution >= 0.6 is 7.56 Å². The molecule has 0 amide bonds. The maximum absolute atomic E-state index is 2.41. The van der Waals surface area contributed by atoms with Crippen molar-refractivity contribution in [2.45, 2.75) is 6.16 Å². The van der Waals surface area contributed by atoms with Crippen LogP contribution in [-0.2, 0) is 6.16 Å². The van der Waals surface area contributed by atoms with E-state index < -0.39 is 7.56 Å². The first kappa shape index (κ1) is 15.2. The lowest BCUT2D eigenvalue weighted by molar-refractivity contribution is 0.557. The summed E-state index contributed by atoms with van der Waals surface area (Å²) in [6.45, 7) is 0. The largest absolute Gasteiger partial charge is 0.189 e. The van der Waals surface area contributed by atoms with Crippen molar-refractivity contribution in [1.82, 2.24) is 9.34 Å². The second kappa shape index (κ2) is 6.49. The molecule has 0 aliphatic heterocycles. The standard InChI is InChI=1S/C17H24N2P/c1-18(2)20(19(3)4,17-13-9-6-10-14-17)15-16-11-7-5-8-12-16/h5-14H,15H2,1-4H3/q+1. The Morgan fingerprint density at radius 3 is 1.60 bits per heavy atom. The van der Waals surface area contributed by atoms with Crippen LogP contribution in [0.3, 0.4) is 0 Å². The van der Waals surface area contributed by atoms with Crippen LogP contribution in [0.2, 0.25) is 0 Å². The zero-order chi connectivity index (χ0) is 14.6. The molecule has 0 saturated carbocycles. The quantitative estimate of drug-likeness (QED) is 0.777. The highest BCUT2D eigenvalue weighted by molar-refractivity contribution is 7.77. The predicted molar refractivity (Wildman–Crippen MR) is 90.5 cm³/mol. The molecule has 0 heterocycles. The Balaban J connectivity index is 2.49. The van der Waals surface area contributed by atoms with Gasteiger partial charge in [0.2, 0.25) is 0 Å². The van der Waals surface area contributed by atoms with Crippen LogP contribution in [0.5, 0.6) is 0 Å². The fraction of sp³-hybridized carbons (Fsp3) is 0.294. The Bertz CT molecular complexity index is 515. The van der Waals surface area contributed by atoms with Crippen LogP contribution in [0.4, 0.5) is 0 Å². The van der Waals surface area contributed by atoms with Crippen LogP contribution < -0.4 is 5.30 Å². The molecule has 0 bridgehead atoms. The molecule has 0 unspecified atom stereocenters. The molecule has 2 aromatic carbocycles. The SMILES string of the molecule is CN(C)[P+](Cc1ccccc1)(c1ccccc1)N(C)C. The summed E-state index contributed by atoms with van der Waals surface area (Å²) in [5, 5.41) is 1.43. The third-order valence-electron chi connectivity index (χ3n) is 3.74. The third kappa shape index (κ3) is 2.93. The molecule has 0 atom stereocenters. The van der Waals surface area contributed by atoms with Crippen molar-refractivity contribution >= 4 is 12.9 Å². The number of hydrogen-bond donors (Lipinski definition) is 0. The van der Waals surface area contributed by atoms with Gasteiger partial charge < -0.3 is 0 Å². The Morgan fingerprint density at radius 1 is 0.700 bits per heavy atom. The minimum Gasteiger partial charge on any atom is -0.165 e. The Kier molecular flexibility index (Phi) is 4.93. The molecule has 20 heavy (non-hydrogen) atoms. The number of benzene rings is 2. The van der Waals surface area contributed by atoms with Crippen LogP contribution in [-0.4, -0.2) is 37.5 Å². The summed E-state index contributed by atoms with van der Waals surface area (Å²) in [6.07, 6.45) is 1.07. The normalized spacial score (nSPS) is 12.1. The van der Waals surface area contributed by atoms with E-state index in [0.29, 0.717) is 0 Å². The fourth-order valence-corrected chi connectivity index (χ4v) is 6.46. The lowest BCUT2D eigenvalue weighted by Crippen LogP contribution is -2.35. The van der Waals surface area contributed by atoms with E-state index >= 15 is 0 Å². The second-order valence-corrected chi connectivity index (χ2v) is 9.30. The molecule has 0 radical (unpaired) electrons. The molecule has 2 rings (SSSR count). The molecule has 0 spiro atoms. The van der Waals surface area contributed by atoms with Crippen molar-refractivity contribution in [3.8, 4) is 0 Å². The molecule has 0 saturated heterocycles. The Hall–Kier alpha value is -1.21. The van der Waals surface area contributed by atoms with Crippen molar-refractivity contribution in [3.63, 3.8) is 0 Å². The van der Waals surface area contributed by atoms with Crippen LogP contribution in [0.25, 0.3) is 0 Å². The molecule has 2 aromatic rings. The summed E-state index contributed by atoms with van der Waals surface area (Å²) >= 11 is 0. The molecule has 0 aliphatic rings. The fourth-order valence-electron chi connectivity index (χ4n) is 2.70. The highest BCUT2D eigenvalue weighted by Gasteiger charge is 2.46. The number of rotatable bonds is 5. The van der Waals surface area contributed by atoms with Crippen LogP contribution in [0, 0.1) is 0 Å². The van der Waals surface area contributed by atoms with E-state index in [1.165, 1.54) is 10.9 Å². The summed E-state index contributed by atoms with van der Waals surface area (Å²) in [7, 11) is 7.24. The highest BCUT2D eigenvalue weighted by Crippen LogP contribution is 2.63. The van der Waals surface area contributed by atoms with Gasteiger partial charge in [-0.15, -0.1) is 0 Å². The maximum Gasteiger partial charge on any atom is 0.189 e. The average Bonchev–Trinajstić information content (AvgIpc) is 2.46. The second-order valence-electron chi connectivity index (χ2n) is 5.40. The maximum atomic E-state index is 2.41. The first-order valence-corrected chi connectivity index (χ1v) is 8.78. The van der Waals surface area contributed by atoms with Crippen LogP contribution in [0.15, 0.2) is 60.7 Å². The van der Waals surface area contributed by atoms with Gasteiger partial charge in [-0.2, -0.15) is 9.34 Å². The van der Waals surface area contributed by atoms with Gasteiger partial charge >= 0.3 is 0 Å². The molecule has 2 nitrogen and oxygen atoms in total. The van der Waals surface area contributed by atoms with Crippen molar-refractivity contribution in [1.29, 1.82) is 0 Å². The van der Waals surface area contributed by atoms with E-state index in [1.807, 2.05) is 0 Å². The predicted octanol–water partition coefficient (Wildman–Crippen LogP) is 3.48. The minimum atomic E-state index is -1.55. The lowest BCUT2D eigenvalue weighted by atomic mass is 10.2. The van der Waals surface area contributed by atoms with Gasteiger partial charge in [0.05, 0.1) is 0 Å². The van der Waals surface area contributed by atoms with Crippen molar-refractivity contribution < 1.29 is 0 Å². The first-order valence-electron chi connectivity index (χ1n) is 6.90. The van der Waals surface area contributed by atoms with E-state index in [-0.39, 0.29) is 0 Å². The molecule has 0 N–H and O–H groups in total. The third-order valence-corrected chi connectivity index (χ3v) is 8.32. The van der Waals surface area contributed by atoms with Gasteiger partial charge in [-0.25, -0.2) is 0 Å². The van der Waals surface area contributed by atoms with Gasteiger partial charge in [0, 0.05) is 28.2 Å². The summed E-state index contributed by atoms with van der Waals surface area (Å²) < 4.78 is 4.82. The van der Waals surface area contributed by atoms with Gasteiger partial charge in [-0.3, -0.25) is 0 Å². The topological polar surface area (TPSA) is 6.48 Å². The van der Waals surface area contributed by atoms with Gasteiger partial charge in [-0.05, 0) is 17.7 Å². The molecular formula is C17H24N2P+. The van der Waals surface area contributed by atoms with E-state index in [2.05, 4.69) is 98.2 Å². The smallest absolute Gasteiger partial charge is 0.165 e. The molecule has 3 heteroatoms. The van der Waals surface area contributed by atoms with Crippen LogP contribution in [0.1, 0.15) is 5.56 Å². The van der Waals surface area contributed by atoms with Crippen molar-refractivity contribution in [3.05, 3.63) is 66.2 Å². The monoisotopic (exact) mass is 287 g/mol. The van der Waals surface area contributed by atoms with E-state index in [0.717, 1.165) is 6.16 Å². The summed E-state index contributed by atoms with van der Waals surface area (Å²) in [6, 6.07) is 21.7. The molecular weight excluding hydrogens is 263 g/mol. The molecule has 0 fully saturated rings. The zero-order valence-electron chi connectivity index (χ0n) is 12.8. The Labute approximate surface area is 123 Å². The van der Waals surface area contributed by atoms with E-state index in [4.69, 9.17) is 0 Å². The summed E-state index contributed by atoms with van der Waals surface area (Å²) in [5.74, 6) is 0. The zero-order valence-corrected chi connectivity index (χ0v) is 13.7. The van der Waals surface area contributed by atoms with E-state index in [9.17, 15) is 0 Å². The molecule has 106 valence electrons. The number of hydrogen-bond acceptors (Lipinski definition) is 2. The Morgan fingerprint density at radius 2 is 1.15 bits per heavy atom. The van der Waals surface area contributed by atoms with Gasteiger partial charge in [0.15, 0.2) is 7.56 Å². The van der Waals surface area contributed by atoms with Gasteiger partial charge in [0.1, 0.15) is 11.5 Å². The lowest BCUT2D eigenvalue weighted by Gasteiger charge is -2.36. The van der Waals surface area contributed by atoms with Crippen molar-refractivity contribution in [2.75, 3.05) is 28.2 Å². The highest BCUT2D eigenvalue weighted by atomic mass is 31.2. The molecule has 0 aromatic heterocycles. The number of nitrogens with zero attached hydrogens (tertiary/aromatic N) is 2. The first-order chi connectivity index (χ1) is 9.57.